The first-order valence-electron chi connectivity index (χ1n) is 7.19. The molecule has 0 aliphatic carbocycles. The van der Waals surface area contributed by atoms with E-state index in [9.17, 15) is 0 Å². The van der Waals surface area contributed by atoms with Crippen LogP contribution in [0.3, 0.4) is 0 Å². The summed E-state index contributed by atoms with van der Waals surface area (Å²) in [7, 11) is 4.17. The third-order valence-electron chi connectivity index (χ3n) is 3.60. The van der Waals surface area contributed by atoms with Crippen LogP contribution in [0, 0.1) is 0 Å². The Labute approximate surface area is 126 Å². The topological polar surface area (TPSA) is 21.1 Å². The molecule has 0 amide bonds. The van der Waals surface area contributed by atoms with Crippen molar-refractivity contribution in [3.63, 3.8) is 0 Å². The van der Waals surface area contributed by atoms with Crippen molar-refractivity contribution >= 4 is 22.6 Å². The van der Waals surface area contributed by atoms with Crippen LogP contribution in [0.4, 0.5) is 0 Å². The fraction of sp³-hybridized carbons (Fsp3) is 0.562. The van der Waals surface area contributed by atoms with Crippen molar-refractivity contribution in [3.05, 3.63) is 29.6 Å². The second-order valence-electron chi connectivity index (χ2n) is 5.94. The molecule has 0 radical (unpaired) electrons. The Hall–Kier alpha value is -1.06. The van der Waals surface area contributed by atoms with Gasteiger partial charge in [-0.1, -0.05) is 19.9 Å². The normalized spacial score (nSPS) is 13.6. The molecule has 2 aromatic rings. The third-order valence-corrected chi connectivity index (χ3v) is 3.79. The highest BCUT2D eigenvalue weighted by Gasteiger charge is 2.15. The molecule has 3 nitrogen and oxygen atoms in total. The summed E-state index contributed by atoms with van der Waals surface area (Å²) >= 11 is 6.30. The van der Waals surface area contributed by atoms with Crippen molar-refractivity contribution in [2.24, 2.45) is 0 Å². The Bertz CT molecular complexity index is 585. The van der Waals surface area contributed by atoms with E-state index in [4.69, 9.17) is 16.6 Å². The summed E-state index contributed by atoms with van der Waals surface area (Å²) in [5.41, 5.74) is 3.56. The van der Waals surface area contributed by atoms with Crippen molar-refractivity contribution in [1.29, 1.82) is 0 Å². The van der Waals surface area contributed by atoms with Gasteiger partial charge in [-0.25, -0.2) is 4.98 Å². The van der Waals surface area contributed by atoms with Crippen molar-refractivity contribution in [2.45, 2.75) is 38.6 Å². The van der Waals surface area contributed by atoms with Crippen molar-refractivity contribution < 1.29 is 0 Å². The zero-order valence-electron chi connectivity index (χ0n) is 13.0. The Balaban J connectivity index is 2.49. The zero-order valence-corrected chi connectivity index (χ0v) is 13.8. The summed E-state index contributed by atoms with van der Waals surface area (Å²) in [5.74, 6) is 1.48. The first kappa shape index (κ1) is 15.3. The van der Waals surface area contributed by atoms with Crippen LogP contribution in [0.1, 0.15) is 43.5 Å². The zero-order chi connectivity index (χ0) is 14.9. The van der Waals surface area contributed by atoms with Gasteiger partial charge in [0.05, 0.1) is 16.4 Å². The lowest BCUT2D eigenvalue weighted by Crippen LogP contribution is -2.19. The molecule has 1 unspecified atom stereocenters. The number of hydrogen-bond donors (Lipinski definition) is 0. The molecule has 0 saturated carbocycles. The van der Waals surface area contributed by atoms with E-state index < -0.39 is 0 Å². The number of nitrogens with zero attached hydrogens (tertiary/aromatic N) is 3. The molecular weight excluding hydrogens is 270 g/mol. The van der Waals surface area contributed by atoms with Crippen LogP contribution in [0.15, 0.2) is 18.2 Å². The smallest absolute Gasteiger partial charge is 0.127 e. The van der Waals surface area contributed by atoms with Crippen molar-refractivity contribution in [2.75, 3.05) is 20.6 Å². The molecule has 1 heterocycles. The number of imidazole rings is 1. The minimum absolute atomic E-state index is 0.0768. The summed E-state index contributed by atoms with van der Waals surface area (Å²) < 4.78 is 2.25. The second-order valence-corrected chi connectivity index (χ2v) is 6.60. The molecule has 110 valence electrons. The molecule has 1 aromatic carbocycles. The highest BCUT2D eigenvalue weighted by Crippen LogP contribution is 2.27. The van der Waals surface area contributed by atoms with Gasteiger partial charge in [-0.3, -0.25) is 0 Å². The lowest BCUT2D eigenvalue weighted by molar-refractivity contribution is 0.383. The van der Waals surface area contributed by atoms with Gasteiger partial charge in [-0.05, 0) is 44.6 Å². The summed E-state index contributed by atoms with van der Waals surface area (Å²) in [4.78, 5) is 6.92. The molecule has 4 heteroatoms. The fourth-order valence-electron chi connectivity index (χ4n) is 2.36. The van der Waals surface area contributed by atoms with Crippen molar-refractivity contribution in [3.8, 4) is 0 Å². The maximum Gasteiger partial charge on any atom is 0.127 e. The number of halogens is 1. The first-order chi connectivity index (χ1) is 9.40. The molecule has 1 atom stereocenters. The lowest BCUT2D eigenvalue weighted by atomic mass is 10.0. The van der Waals surface area contributed by atoms with Crippen LogP contribution >= 0.6 is 11.6 Å². The average Bonchev–Trinajstić information content (AvgIpc) is 2.73. The molecule has 0 spiro atoms. The molecular formula is C16H24ClN3. The van der Waals surface area contributed by atoms with Crippen LogP contribution < -0.4 is 0 Å². The van der Waals surface area contributed by atoms with Gasteiger partial charge in [0.25, 0.3) is 0 Å². The van der Waals surface area contributed by atoms with E-state index in [1.54, 1.807) is 0 Å². The molecule has 20 heavy (non-hydrogen) atoms. The molecule has 0 aliphatic heterocycles. The van der Waals surface area contributed by atoms with Gasteiger partial charge in [-0.2, -0.15) is 0 Å². The Morgan fingerprint density at radius 1 is 1.25 bits per heavy atom. The van der Waals surface area contributed by atoms with Gasteiger partial charge in [-0.15, -0.1) is 11.6 Å². The first-order valence-corrected chi connectivity index (χ1v) is 7.62. The number of alkyl halides is 1. The molecule has 0 saturated heterocycles. The van der Waals surface area contributed by atoms with E-state index in [1.165, 1.54) is 11.1 Å². The molecule has 0 bridgehead atoms. The Kier molecular flexibility index (Phi) is 4.71. The average molecular weight is 294 g/mol. The largest absolute Gasteiger partial charge is 0.325 e. The van der Waals surface area contributed by atoms with Crippen LogP contribution in [0.2, 0.25) is 0 Å². The number of fused-ring (bicyclic) bond motifs is 1. The van der Waals surface area contributed by atoms with Gasteiger partial charge < -0.3 is 9.47 Å². The molecule has 2 rings (SSSR count). The highest BCUT2D eigenvalue weighted by atomic mass is 35.5. The third kappa shape index (κ3) is 3.15. The summed E-state index contributed by atoms with van der Waals surface area (Å²) in [6, 6.07) is 6.56. The molecule has 0 aliphatic rings. The predicted molar refractivity (Wildman–Crippen MR) is 86.6 cm³/mol. The predicted octanol–water partition coefficient (Wildman–Crippen LogP) is 4.02. The van der Waals surface area contributed by atoms with E-state index in [0.717, 1.165) is 24.4 Å². The van der Waals surface area contributed by atoms with Crippen LogP contribution in [0.25, 0.3) is 11.0 Å². The van der Waals surface area contributed by atoms with Crippen LogP contribution in [-0.4, -0.2) is 35.1 Å². The van der Waals surface area contributed by atoms with Crippen molar-refractivity contribution in [1.82, 2.24) is 14.5 Å². The summed E-state index contributed by atoms with van der Waals surface area (Å²) in [6.07, 6.45) is 0. The summed E-state index contributed by atoms with van der Waals surface area (Å²) in [6.45, 7) is 8.29. The minimum Gasteiger partial charge on any atom is -0.325 e. The van der Waals surface area contributed by atoms with Gasteiger partial charge in [0.15, 0.2) is 0 Å². The van der Waals surface area contributed by atoms with E-state index >= 15 is 0 Å². The molecule has 1 aromatic heterocycles. The SMILES string of the molecule is CC(C)c1ccc2c(c1)nc(C(C)Cl)n2CCN(C)C. The Morgan fingerprint density at radius 3 is 2.50 bits per heavy atom. The lowest BCUT2D eigenvalue weighted by Gasteiger charge is -2.14. The van der Waals surface area contributed by atoms with Gasteiger partial charge in [0.2, 0.25) is 0 Å². The molecule has 0 fully saturated rings. The summed E-state index contributed by atoms with van der Waals surface area (Å²) in [5, 5.41) is -0.0768. The standard InChI is InChI=1S/C16H24ClN3/c1-11(2)13-6-7-15-14(10-13)18-16(12(3)17)20(15)9-8-19(4)5/h6-7,10-12H,8-9H2,1-5H3. The number of aromatic nitrogens is 2. The maximum atomic E-state index is 6.30. The fourth-order valence-corrected chi connectivity index (χ4v) is 2.53. The van der Waals surface area contributed by atoms with Gasteiger partial charge in [0.1, 0.15) is 5.82 Å². The number of likely N-dealkylation sites (N-methyl/N-ethyl adjacent to an activating group) is 1. The van der Waals surface area contributed by atoms with Gasteiger partial charge in [0, 0.05) is 13.1 Å². The Morgan fingerprint density at radius 2 is 1.95 bits per heavy atom. The number of benzene rings is 1. The van der Waals surface area contributed by atoms with E-state index in [1.807, 2.05) is 6.92 Å². The quantitative estimate of drug-likeness (QED) is 0.776. The van der Waals surface area contributed by atoms with Gasteiger partial charge >= 0.3 is 0 Å². The van der Waals surface area contributed by atoms with E-state index in [0.29, 0.717) is 5.92 Å². The minimum atomic E-state index is -0.0768. The van der Waals surface area contributed by atoms with E-state index in [-0.39, 0.29) is 5.38 Å². The molecule has 0 N–H and O–H groups in total. The second kappa shape index (κ2) is 6.15. The number of rotatable bonds is 5. The highest BCUT2D eigenvalue weighted by molar-refractivity contribution is 6.20. The van der Waals surface area contributed by atoms with E-state index in [2.05, 4.69) is 55.6 Å². The maximum absolute atomic E-state index is 6.30. The monoisotopic (exact) mass is 293 g/mol. The number of hydrogen-bond acceptors (Lipinski definition) is 2. The van der Waals surface area contributed by atoms with Crippen LogP contribution in [0.5, 0.6) is 0 Å². The van der Waals surface area contributed by atoms with Crippen LogP contribution in [-0.2, 0) is 6.54 Å².